The first-order valence-electron chi connectivity index (χ1n) is 9.54. The molecule has 156 valence electrons. The molecule has 0 amide bonds. The van der Waals surface area contributed by atoms with E-state index in [1.54, 1.807) is 0 Å². The number of hydrogen-bond acceptors (Lipinski definition) is 7. The summed E-state index contributed by atoms with van der Waals surface area (Å²) >= 11 is 0. The van der Waals surface area contributed by atoms with Crippen molar-refractivity contribution < 1.29 is 31.6 Å². The molecule has 0 saturated heterocycles. The molecule has 7 nitrogen and oxygen atoms in total. The Morgan fingerprint density at radius 3 is 1.92 bits per heavy atom. The van der Waals surface area contributed by atoms with Crippen LogP contribution in [0.25, 0.3) is 0 Å². The van der Waals surface area contributed by atoms with Crippen LogP contribution < -0.4 is 0 Å². The van der Waals surface area contributed by atoms with Crippen molar-refractivity contribution in [2.45, 2.75) is 77.6 Å². The Kier molecular flexibility index (Phi) is 15.2. The molecular weight excluding hydrogens is 360 g/mol. The van der Waals surface area contributed by atoms with Gasteiger partial charge in [-0.1, -0.05) is 40.0 Å². The summed E-state index contributed by atoms with van der Waals surface area (Å²) in [4.78, 5) is 11.6. The molecule has 0 rings (SSSR count). The summed E-state index contributed by atoms with van der Waals surface area (Å²) in [7, 11) is -3.74. The van der Waals surface area contributed by atoms with Crippen molar-refractivity contribution in [1.29, 1.82) is 0 Å². The number of aldehydes is 1. The van der Waals surface area contributed by atoms with Crippen LogP contribution in [0.1, 0.15) is 59.3 Å². The molecule has 0 N–H and O–H groups in total. The van der Waals surface area contributed by atoms with E-state index in [4.69, 9.17) is 18.4 Å². The Labute approximate surface area is 158 Å². The summed E-state index contributed by atoms with van der Waals surface area (Å²) in [5.74, 6) is 0. The van der Waals surface area contributed by atoms with Crippen LogP contribution >= 0.6 is 0 Å². The molecule has 0 unspecified atom stereocenters. The number of carbonyl (C=O) groups is 1. The van der Waals surface area contributed by atoms with Crippen LogP contribution in [0.4, 0.5) is 0 Å². The van der Waals surface area contributed by atoms with Crippen molar-refractivity contribution in [2.75, 3.05) is 32.7 Å². The number of hydrogen-bond donors (Lipinski definition) is 0. The highest BCUT2D eigenvalue weighted by atomic mass is 32.2. The van der Waals surface area contributed by atoms with Gasteiger partial charge < -0.3 is 19.0 Å². The van der Waals surface area contributed by atoms with E-state index < -0.39 is 28.4 Å². The van der Waals surface area contributed by atoms with E-state index in [1.165, 1.54) is 0 Å². The first-order chi connectivity index (χ1) is 12.4. The summed E-state index contributed by atoms with van der Waals surface area (Å²) in [6.07, 6.45) is 4.21. The quantitative estimate of drug-likeness (QED) is 0.200. The van der Waals surface area contributed by atoms with Gasteiger partial charge in [0.2, 0.25) is 0 Å². The van der Waals surface area contributed by atoms with Crippen LogP contribution in [0.5, 0.6) is 0 Å². The van der Waals surface area contributed by atoms with E-state index in [-0.39, 0.29) is 6.61 Å². The monoisotopic (exact) mass is 396 g/mol. The molecule has 3 atom stereocenters. The predicted octanol–water partition coefficient (Wildman–Crippen LogP) is 2.72. The third-order valence-corrected chi connectivity index (χ3v) is 4.26. The van der Waals surface area contributed by atoms with Gasteiger partial charge in [0.25, 0.3) is 10.1 Å². The molecule has 0 aliphatic carbocycles. The molecule has 0 aromatic carbocycles. The summed E-state index contributed by atoms with van der Waals surface area (Å²) < 4.78 is 45.5. The minimum atomic E-state index is -3.74. The van der Waals surface area contributed by atoms with E-state index in [2.05, 4.69) is 0 Å². The lowest BCUT2D eigenvalue weighted by Crippen LogP contribution is -2.47. The van der Waals surface area contributed by atoms with E-state index in [0.717, 1.165) is 44.8 Å². The van der Waals surface area contributed by atoms with Gasteiger partial charge in [-0.15, -0.1) is 0 Å². The Morgan fingerprint density at radius 2 is 1.42 bits per heavy atom. The Hall–Kier alpha value is -0.540. The maximum absolute atomic E-state index is 11.7. The van der Waals surface area contributed by atoms with Crippen molar-refractivity contribution in [2.24, 2.45) is 0 Å². The maximum Gasteiger partial charge on any atom is 0.264 e. The molecule has 0 aromatic heterocycles. The zero-order valence-electron chi connectivity index (χ0n) is 16.6. The first kappa shape index (κ1) is 25.5. The van der Waals surface area contributed by atoms with Gasteiger partial charge in [0.15, 0.2) is 6.29 Å². The van der Waals surface area contributed by atoms with Crippen LogP contribution in [0.3, 0.4) is 0 Å². The van der Waals surface area contributed by atoms with E-state index >= 15 is 0 Å². The molecule has 0 radical (unpaired) electrons. The average Bonchev–Trinajstić information content (AvgIpc) is 2.58. The van der Waals surface area contributed by atoms with Crippen molar-refractivity contribution in [3.63, 3.8) is 0 Å². The molecule has 26 heavy (non-hydrogen) atoms. The van der Waals surface area contributed by atoms with E-state index in [9.17, 15) is 13.2 Å². The minimum Gasteiger partial charge on any atom is -0.379 e. The number of rotatable bonds is 18. The summed E-state index contributed by atoms with van der Waals surface area (Å²) in [6.45, 7) is 7.37. The lowest BCUT2D eigenvalue weighted by atomic mass is 10.1. The normalized spacial score (nSPS) is 15.5. The summed E-state index contributed by atoms with van der Waals surface area (Å²) in [5.41, 5.74) is 0. The van der Waals surface area contributed by atoms with Crippen LogP contribution in [0.15, 0.2) is 0 Å². The van der Waals surface area contributed by atoms with Gasteiger partial charge in [-0.25, -0.2) is 0 Å². The fraction of sp³-hybridized carbons (Fsp3) is 0.944. The molecule has 0 aliphatic rings. The van der Waals surface area contributed by atoms with Crippen molar-refractivity contribution in [3.8, 4) is 0 Å². The standard InChI is InChI=1S/C18H36O7S/c1-5-8-11-22-15-17(25-26(4,20)21)18(24-13-10-7-3)16(14-19)23-12-9-6-2/h14,16-18H,5-13,15H2,1-4H3/t16-,17+,18-/m1/s1. The highest BCUT2D eigenvalue weighted by Gasteiger charge is 2.34. The van der Waals surface area contributed by atoms with Crippen molar-refractivity contribution >= 4 is 16.4 Å². The highest BCUT2D eigenvalue weighted by molar-refractivity contribution is 7.86. The van der Waals surface area contributed by atoms with Gasteiger partial charge in [-0.3, -0.25) is 4.18 Å². The molecule has 0 fully saturated rings. The zero-order chi connectivity index (χ0) is 19.8. The predicted molar refractivity (Wildman–Crippen MR) is 101 cm³/mol. The van der Waals surface area contributed by atoms with Gasteiger partial charge in [0, 0.05) is 19.8 Å². The number of ether oxygens (including phenoxy) is 3. The van der Waals surface area contributed by atoms with Crippen LogP contribution in [0.2, 0.25) is 0 Å². The van der Waals surface area contributed by atoms with Crippen molar-refractivity contribution in [3.05, 3.63) is 0 Å². The molecule has 0 heterocycles. The maximum atomic E-state index is 11.7. The minimum absolute atomic E-state index is 0.0192. The van der Waals surface area contributed by atoms with Gasteiger partial charge in [-0.05, 0) is 19.3 Å². The van der Waals surface area contributed by atoms with E-state index in [0.29, 0.717) is 26.1 Å². The molecule has 8 heteroatoms. The third kappa shape index (κ3) is 12.8. The fourth-order valence-electron chi connectivity index (χ4n) is 2.20. The third-order valence-electron chi connectivity index (χ3n) is 3.66. The summed E-state index contributed by atoms with van der Waals surface area (Å²) in [6, 6.07) is 0. The Morgan fingerprint density at radius 1 is 0.885 bits per heavy atom. The van der Waals surface area contributed by atoms with Gasteiger partial charge >= 0.3 is 0 Å². The van der Waals surface area contributed by atoms with Gasteiger partial charge in [0.05, 0.1) is 12.9 Å². The SMILES string of the molecule is CCCCOC[C@H](OS(C)(=O)=O)[C@H](OCCCC)[C@@H](C=O)OCCCC. The Bertz CT molecular complexity index is 439. The molecule has 0 aromatic rings. The van der Waals surface area contributed by atoms with Gasteiger partial charge in [-0.2, -0.15) is 8.42 Å². The molecule has 0 saturated carbocycles. The molecular formula is C18H36O7S. The van der Waals surface area contributed by atoms with Crippen LogP contribution in [-0.2, 0) is 33.3 Å². The second kappa shape index (κ2) is 15.5. The molecule has 0 aliphatic heterocycles. The number of carbonyl (C=O) groups excluding carboxylic acids is 1. The summed E-state index contributed by atoms with van der Waals surface area (Å²) in [5, 5.41) is 0. The van der Waals surface area contributed by atoms with Crippen LogP contribution in [0, 0.1) is 0 Å². The fourth-order valence-corrected chi connectivity index (χ4v) is 2.81. The van der Waals surface area contributed by atoms with Crippen LogP contribution in [-0.4, -0.2) is 65.7 Å². The van der Waals surface area contributed by atoms with Crippen molar-refractivity contribution in [1.82, 2.24) is 0 Å². The molecule has 0 spiro atoms. The number of unbranched alkanes of at least 4 members (excludes halogenated alkanes) is 3. The lowest BCUT2D eigenvalue weighted by Gasteiger charge is -2.30. The smallest absolute Gasteiger partial charge is 0.264 e. The van der Waals surface area contributed by atoms with E-state index in [1.807, 2.05) is 20.8 Å². The topological polar surface area (TPSA) is 88.1 Å². The Balaban J connectivity index is 5.19. The second-order valence-corrected chi connectivity index (χ2v) is 7.88. The second-order valence-electron chi connectivity index (χ2n) is 6.28. The molecule has 0 bridgehead atoms. The highest BCUT2D eigenvalue weighted by Crippen LogP contribution is 2.16. The van der Waals surface area contributed by atoms with Gasteiger partial charge in [0.1, 0.15) is 18.3 Å². The zero-order valence-corrected chi connectivity index (χ0v) is 17.5. The lowest BCUT2D eigenvalue weighted by molar-refractivity contribution is -0.146. The first-order valence-corrected chi connectivity index (χ1v) is 11.4. The average molecular weight is 397 g/mol. The largest absolute Gasteiger partial charge is 0.379 e.